The number of nitrogens with zero attached hydrogens (tertiary/aromatic N) is 5. The molecule has 0 saturated carbocycles. The van der Waals surface area contributed by atoms with Gasteiger partial charge in [0.05, 0.1) is 23.7 Å². The third-order valence-corrected chi connectivity index (χ3v) is 4.53. The van der Waals surface area contributed by atoms with Crippen molar-refractivity contribution in [3.05, 3.63) is 87.0 Å². The van der Waals surface area contributed by atoms with E-state index in [2.05, 4.69) is 10.1 Å². The molecule has 3 rings (SSSR count). The van der Waals surface area contributed by atoms with Gasteiger partial charge < -0.3 is 4.90 Å². The van der Waals surface area contributed by atoms with Crippen molar-refractivity contribution in [3.63, 3.8) is 0 Å². The highest BCUT2D eigenvalue weighted by Gasteiger charge is 2.21. The lowest BCUT2D eigenvalue weighted by atomic mass is 10.1. The number of benzene rings is 1. The van der Waals surface area contributed by atoms with Crippen LogP contribution in [0.1, 0.15) is 33.0 Å². The second-order valence-electron chi connectivity index (χ2n) is 6.61. The Kier molecular flexibility index (Phi) is 5.49. The maximum Gasteiger partial charge on any atom is 0.312 e. The van der Waals surface area contributed by atoms with Crippen molar-refractivity contribution >= 4 is 11.6 Å². The Balaban J connectivity index is 1.70. The van der Waals surface area contributed by atoms with Crippen molar-refractivity contribution in [2.75, 3.05) is 7.05 Å². The second-order valence-corrected chi connectivity index (χ2v) is 6.61. The molecule has 0 saturated heterocycles. The van der Waals surface area contributed by atoms with Gasteiger partial charge >= 0.3 is 5.69 Å². The molecule has 0 fully saturated rings. The third kappa shape index (κ3) is 4.06. The summed E-state index contributed by atoms with van der Waals surface area (Å²) in [6.07, 6.45) is 1.70. The molecule has 0 unspecified atom stereocenters. The smallest absolute Gasteiger partial charge is 0.312 e. The molecular weight excluding hydrogens is 358 g/mol. The topological polar surface area (TPSA) is 94.2 Å². The van der Waals surface area contributed by atoms with Crippen LogP contribution >= 0.6 is 0 Å². The zero-order valence-electron chi connectivity index (χ0n) is 16.0. The van der Waals surface area contributed by atoms with Crippen molar-refractivity contribution < 1.29 is 9.72 Å². The Morgan fingerprint density at radius 3 is 2.46 bits per heavy atom. The minimum Gasteiger partial charge on any atom is -0.336 e. The molecule has 8 heteroatoms. The van der Waals surface area contributed by atoms with E-state index in [0.717, 1.165) is 11.3 Å². The first kappa shape index (κ1) is 19.2. The van der Waals surface area contributed by atoms with E-state index in [1.54, 1.807) is 48.8 Å². The van der Waals surface area contributed by atoms with Gasteiger partial charge in [-0.15, -0.1) is 0 Å². The van der Waals surface area contributed by atoms with E-state index in [1.807, 2.05) is 30.3 Å². The fraction of sp³-hybridized carbons (Fsp3) is 0.250. The Morgan fingerprint density at radius 1 is 1.18 bits per heavy atom. The van der Waals surface area contributed by atoms with Gasteiger partial charge in [-0.25, -0.2) is 0 Å². The summed E-state index contributed by atoms with van der Waals surface area (Å²) in [6, 6.07) is 12.8. The quantitative estimate of drug-likeness (QED) is 0.484. The van der Waals surface area contributed by atoms with Gasteiger partial charge in [0.15, 0.2) is 0 Å². The highest BCUT2D eigenvalue weighted by molar-refractivity contribution is 5.94. The Labute approximate surface area is 162 Å². The maximum atomic E-state index is 12.6. The third-order valence-electron chi connectivity index (χ3n) is 4.53. The van der Waals surface area contributed by atoms with Crippen LogP contribution in [0.15, 0.2) is 48.7 Å². The lowest BCUT2D eigenvalue weighted by Gasteiger charge is -2.17. The zero-order chi connectivity index (χ0) is 20.3. The predicted molar refractivity (Wildman–Crippen MR) is 104 cm³/mol. The Hall–Kier alpha value is -3.55. The van der Waals surface area contributed by atoms with Gasteiger partial charge in [0.1, 0.15) is 11.4 Å². The van der Waals surface area contributed by atoms with Gasteiger partial charge in [0.25, 0.3) is 5.91 Å². The normalized spacial score (nSPS) is 10.7. The van der Waals surface area contributed by atoms with Crippen molar-refractivity contribution in [3.8, 4) is 0 Å². The summed E-state index contributed by atoms with van der Waals surface area (Å²) in [5.74, 6) is -0.0982. The molecule has 0 radical (unpaired) electrons. The molecule has 8 nitrogen and oxygen atoms in total. The van der Waals surface area contributed by atoms with Crippen molar-refractivity contribution in [2.24, 2.45) is 0 Å². The molecule has 1 amide bonds. The lowest BCUT2D eigenvalue weighted by Crippen LogP contribution is -2.26. The number of rotatable bonds is 6. The largest absolute Gasteiger partial charge is 0.336 e. The number of carbonyl (C=O) groups excluding carboxylic acids is 1. The van der Waals surface area contributed by atoms with E-state index < -0.39 is 4.92 Å². The van der Waals surface area contributed by atoms with Gasteiger partial charge in [-0.3, -0.25) is 24.6 Å². The van der Waals surface area contributed by atoms with Crippen LogP contribution in [0.5, 0.6) is 0 Å². The number of carbonyl (C=O) groups is 1. The zero-order valence-corrected chi connectivity index (χ0v) is 16.0. The van der Waals surface area contributed by atoms with E-state index >= 15 is 0 Å². The first-order chi connectivity index (χ1) is 13.4. The highest BCUT2D eigenvalue weighted by Crippen LogP contribution is 2.22. The molecule has 0 spiro atoms. The number of hydrogen-bond donors (Lipinski definition) is 0. The van der Waals surface area contributed by atoms with E-state index in [0.29, 0.717) is 30.0 Å². The van der Waals surface area contributed by atoms with Crippen LogP contribution in [0.25, 0.3) is 0 Å². The average molecular weight is 379 g/mol. The van der Waals surface area contributed by atoms with Gasteiger partial charge in [-0.05, 0) is 43.7 Å². The van der Waals surface area contributed by atoms with Crippen molar-refractivity contribution in [1.82, 2.24) is 19.7 Å². The lowest BCUT2D eigenvalue weighted by molar-refractivity contribution is -0.386. The monoisotopic (exact) mass is 379 g/mol. The minimum absolute atomic E-state index is 0.0444. The van der Waals surface area contributed by atoms with Crippen LogP contribution in [-0.4, -0.2) is 37.5 Å². The molecule has 1 aromatic carbocycles. The van der Waals surface area contributed by atoms with E-state index in [4.69, 9.17) is 0 Å². The van der Waals surface area contributed by atoms with E-state index in [-0.39, 0.29) is 11.6 Å². The molecule has 0 aliphatic carbocycles. The van der Waals surface area contributed by atoms with Gasteiger partial charge in [0.2, 0.25) is 0 Å². The van der Waals surface area contributed by atoms with Crippen LogP contribution in [0.3, 0.4) is 0 Å². The molecule has 28 heavy (non-hydrogen) atoms. The summed E-state index contributed by atoms with van der Waals surface area (Å²) in [6.45, 7) is 4.14. The summed E-state index contributed by atoms with van der Waals surface area (Å²) < 4.78 is 1.61. The Bertz CT molecular complexity index is 997. The summed E-state index contributed by atoms with van der Waals surface area (Å²) in [5.41, 5.74) is 3.25. The number of hydrogen-bond acceptors (Lipinski definition) is 5. The fourth-order valence-corrected chi connectivity index (χ4v) is 3.06. The fourth-order valence-electron chi connectivity index (χ4n) is 3.06. The molecule has 2 heterocycles. The molecule has 3 aromatic rings. The SMILES string of the molecule is Cc1nn(Cc2ccc(C(=O)N(C)Cc3ccccn3)cc2)c(C)c1[N+](=O)[O-]. The minimum atomic E-state index is -0.409. The molecule has 0 bridgehead atoms. The molecule has 0 aliphatic heterocycles. The summed E-state index contributed by atoms with van der Waals surface area (Å²) >= 11 is 0. The van der Waals surface area contributed by atoms with Crippen LogP contribution in [0.4, 0.5) is 5.69 Å². The van der Waals surface area contributed by atoms with Crippen LogP contribution in [0, 0.1) is 24.0 Å². The number of nitro groups is 1. The first-order valence-electron chi connectivity index (χ1n) is 8.79. The highest BCUT2D eigenvalue weighted by atomic mass is 16.6. The van der Waals surface area contributed by atoms with Crippen LogP contribution < -0.4 is 0 Å². The average Bonchev–Trinajstić information content (AvgIpc) is 2.96. The molecule has 0 N–H and O–H groups in total. The molecule has 0 aliphatic rings. The first-order valence-corrected chi connectivity index (χ1v) is 8.79. The van der Waals surface area contributed by atoms with Gasteiger partial charge in [0, 0.05) is 18.8 Å². The summed E-state index contributed by atoms with van der Waals surface area (Å²) in [5, 5.41) is 15.4. The Morgan fingerprint density at radius 2 is 1.89 bits per heavy atom. The van der Waals surface area contributed by atoms with Crippen LogP contribution in [0.2, 0.25) is 0 Å². The van der Waals surface area contributed by atoms with Crippen molar-refractivity contribution in [2.45, 2.75) is 26.9 Å². The predicted octanol–water partition coefficient (Wildman–Crippen LogP) is 3.12. The molecule has 0 atom stereocenters. The summed E-state index contributed by atoms with van der Waals surface area (Å²) in [7, 11) is 1.74. The summed E-state index contributed by atoms with van der Waals surface area (Å²) in [4.78, 5) is 29.2. The number of pyridine rings is 1. The maximum absolute atomic E-state index is 12.6. The van der Waals surface area contributed by atoms with Gasteiger partial charge in [-0.1, -0.05) is 18.2 Å². The second kappa shape index (κ2) is 7.99. The number of amides is 1. The number of aryl methyl sites for hydroxylation is 1. The van der Waals surface area contributed by atoms with Crippen molar-refractivity contribution in [1.29, 1.82) is 0 Å². The molecular formula is C20H21N5O3. The molecule has 144 valence electrons. The van der Waals surface area contributed by atoms with Crippen LogP contribution in [-0.2, 0) is 13.1 Å². The van der Waals surface area contributed by atoms with E-state index in [1.165, 1.54) is 0 Å². The number of aromatic nitrogens is 3. The van der Waals surface area contributed by atoms with Gasteiger partial charge in [-0.2, -0.15) is 5.10 Å². The standard InChI is InChI=1S/C20H21N5O3/c1-14-19(25(27)28)15(2)24(22-14)12-16-7-9-17(10-8-16)20(26)23(3)13-18-6-4-5-11-21-18/h4-11H,12-13H2,1-3H3. The molecule has 2 aromatic heterocycles. The van der Waals surface area contributed by atoms with E-state index in [9.17, 15) is 14.9 Å².